The van der Waals surface area contributed by atoms with Crippen LogP contribution in [-0.4, -0.2) is 56.1 Å². The van der Waals surface area contributed by atoms with Gasteiger partial charge in [-0.3, -0.25) is 14.9 Å². The van der Waals surface area contributed by atoms with Crippen molar-refractivity contribution >= 4 is 78.8 Å². The lowest BCUT2D eigenvalue weighted by Gasteiger charge is -2.20. The topological polar surface area (TPSA) is 195 Å². The first-order chi connectivity index (χ1) is 18.5. The summed E-state index contributed by atoms with van der Waals surface area (Å²) in [6.45, 7) is 0. The van der Waals surface area contributed by atoms with E-state index in [9.17, 15) is 49.2 Å². The lowest BCUT2D eigenvalue weighted by Crippen LogP contribution is -2.19. The van der Waals surface area contributed by atoms with E-state index in [4.69, 9.17) is 0 Å². The zero-order valence-electron chi connectivity index (χ0n) is 19.5. The van der Waals surface area contributed by atoms with Crippen LogP contribution in [0.2, 0.25) is 0 Å². The number of hydrogen-bond acceptors (Lipinski definition) is 6. The maximum atomic E-state index is 12.3. The van der Waals surface area contributed by atoms with Crippen molar-refractivity contribution in [3.05, 3.63) is 82.9 Å². The number of imide groups is 1. The Balaban J connectivity index is 0.000000384. The summed E-state index contributed by atoms with van der Waals surface area (Å²) in [5.74, 6) is -7.24. The van der Waals surface area contributed by atoms with Gasteiger partial charge in [-0.2, -0.15) is 0 Å². The number of amides is 2. The fourth-order valence-electron chi connectivity index (χ4n) is 5.07. The van der Waals surface area contributed by atoms with Crippen LogP contribution in [0.3, 0.4) is 0 Å². The second kappa shape index (κ2) is 8.92. The van der Waals surface area contributed by atoms with Crippen LogP contribution in [0.5, 0.6) is 0 Å². The van der Waals surface area contributed by atoms with Crippen molar-refractivity contribution in [2.75, 3.05) is 0 Å². The van der Waals surface area contributed by atoms with E-state index in [1.165, 1.54) is 24.3 Å². The van der Waals surface area contributed by atoms with Crippen molar-refractivity contribution < 1.29 is 49.2 Å². The average Bonchev–Trinajstić information content (AvgIpc) is 3.27. The molecular formula is C28H15NO10. The largest absolute Gasteiger partial charge is 0.478 e. The van der Waals surface area contributed by atoms with Gasteiger partial charge < -0.3 is 20.4 Å². The Morgan fingerprint density at radius 1 is 0.513 bits per heavy atom. The third-order valence-electron chi connectivity index (χ3n) is 6.42. The van der Waals surface area contributed by atoms with E-state index in [1.807, 2.05) is 17.4 Å². The van der Waals surface area contributed by atoms with Crippen molar-refractivity contribution in [3.63, 3.8) is 0 Å². The van der Waals surface area contributed by atoms with E-state index in [0.717, 1.165) is 5.39 Å². The summed E-state index contributed by atoms with van der Waals surface area (Å²) in [7, 11) is 0. The maximum absolute atomic E-state index is 12.3. The molecule has 5 aromatic carbocycles. The lowest BCUT2D eigenvalue weighted by molar-refractivity contribution is -0.123. The van der Waals surface area contributed by atoms with Gasteiger partial charge in [0, 0.05) is 28.3 Å². The number of rotatable bonds is 4. The Kier molecular flexibility index (Phi) is 5.68. The van der Waals surface area contributed by atoms with Gasteiger partial charge in [-0.25, -0.2) is 19.2 Å². The zero-order chi connectivity index (χ0) is 28.2. The van der Waals surface area contributed by atoms with Gasteiger partial charge in [-0.15, -0.1) is 0 Å². The van der Waals surface area contributed by atoms with Gasteiger partial charge in [0.2, 0.25) is 0 Å². The SMILES string of the molecule is O=C(O)c1c(C(=O)O)c2c(C(=O)O)ccc3c4cccc5cccc(c(c1C(=O)O)c23)c54.O=C1C=CC(=O)N1. The average molecular weight is 525 g/mol. The molecule has 0 aliphatic carbocycles. The first-order valence-electron chi connectivity index (χ1n) is 11.2. The van der Waals surface area contributed by atoms with Crippen LogP contribution in [0.15, 0.2) is 60.7 Å². The molecule has 0 saturated carbocycles. The Labute approximate surface area is 216 Å². The summed E-state index contributed by atoms with van der Waals surface area (Å²) in [5, 5.41) is 44.3. The second-order valence-corrected chi connectivity index (χ2v) is 8.53. The molecule has 1 heterocycles. The molecule has 0 fully saturated rings. The molecule has 0 atom stereocenters. The summed E-state index contributed by atoms with van der Waals surface area (Å²) in [4.78, 5) is 68.8. The lowest BCUT2D eigenvalue weighted by atomic mass is 9.81. The summed E-state index contributed by atoms with van der Waals surface area (Å²) in [6, 6.07) is 13.2. The van der Waals surface area contributed by atoms with Crippen molar-refractivity contribution in [2.45, 2.75) is 0 Å². The molecule has 39 heavy (non-hydrogen) atoms. The Morgan fingerprint density at radius 3 is 1.51 bits per heavy atom. The van der Waals surface area contributed by atoms with E-state index in [-0.39, 0.29) is 28.0 Å². The quantitative estimate of drug-likeness (QED) is 0.131. The molecule has 0 radical (unpaired) electrons. The molecular weight excluding hydrogens is 510 g/mol. The number of carboxylic acids is 4. The van der Waals surface area contributed by atoms with Crippen molar-refractivity contribution in [2.24, 2.45) is 0 Å². The van der Waals surface area contributed by atoms with Gasteiger partial charge in [0.05, 0.1) is 22.3 Å². The second-order valence-electron chi connectivity index (χ2n) is 8.53. The third-order valence-corrected chi connectivity index (χ3v) is 6.42. The number of fused-ring (bicyclic) bond motifs is 2. The zero-order valence-corrected chi connectivity index (χ0v) is 19.5. The molecule has 11 nitrogen and oxygen atoms in total. The van der Waals surface area contributed by atoms with Crippen LogP contribution >= 0.6 is 0 Å². The fourth-order valence-corrected chi connectivity index (χ4v) is 5.07. The van der Waals surface area contributed by atoms with Crippen LogP contribution < -0.4 is 5.32 Å². The molecule has 0 saturated heterocycles. The van der Waals surface area contributed by atoms with Crippen molar-refractivity contribution in [1.82, 2.24) is 5.32 Å². The van der Waals surface area contributed by atoms with E-state index < -0.39 is 46.1 Å². The first-order valence-corrected chi connectivity index (χ1v) is 11.2. The molecule has 0 aromatic heterocycles. The maximum Gasteiger partial charge on any atom is 0.337 e. The Morgan fingerprint density at radius 2 is 1.03 bits per heavy atom. The van der Waals surface area contributed by atoms with Gasteiger partial charge >= 0.3 is 23.9 Å². The summed E-state index contributed by atoms with van der Waals surface area (Å²) >= 11 is 0. The number of aromatic carboxylic acids is 4. The molecule has 6 rings (SSSR count). The minimum absolute atomic E-state index is 0.00250. The van der Waals surface area contributed by atoms with Crippen LogP contribution in [-0.2, 0) is 9.59 Å². The van der Waals surface area contributed by atoms with Crippen LogP contribution in [0.1, 0.15) is 41.4 Å². The minimum atomic E-state index is -1.77. The summed E-state index contributed by atoms with van der Waals surface area (Å²) in [6.07, 6.45) is 2.39. The highest BCUT2D eigenvalue weighted by Crippen LogP contribution is 2.45. The smallest absolute Gasteiger partial charge is 0.337 e. The molecule has 5 aromatic rings. The minimum Gasteiger partial charge on any atom is -0.478 e. The van der Waals surface area contributed by atoms with Crippen LogP contribution in [0, 0.1) is 0 Å². The summed E-state index contributed by atoms with van der Waals surface area (Å²) < 4.78 is 0. The van der Waals surface area contributed by atoms with Gasteiger partial charge in [-0.05, 0) is 33.0 Å². The van der Waals surface area contributed by atoms with E-state index >= 15 is 0 Å². The highest BCUT2D eigenvalue weighted by molar-refractivity contribution is 6.40. The first kappa shape index (κ1) is 24.8. The Bertz CT molecular complexity index is 1960. The van der Waals surface area contributed by atoms with Crippen molar-refractivity contribution in [3.8, 4) is 0 Å². The number of carboxylic acid groups (broad SMARTS) is 4. The van der Waals surface area contributed by atoms with Gasteiger partial charge in [-0.1, -0.05) is 42.5 Å². The highest BCUT2D eigenvalue weighted by Gasteiger charge is 2.33. The summed E-state index contributed by atoms with van der Waals surface area (Å²) in [5.41, 5.74) is -2.93. The molecule has 1 aliphatic rings. The third kappa shape index (κ3) is 3.76. The monoisotopic (exact) mass is 525 g/mol. The number of carbonyl (C=O) groups is 6. The molecule has 11 heteroatoms. The Hall–Kier alpha value is -5.84. The standard InChI is InChI=1S/C24H12O8.C4H3NO2/c25-21(26)13-8-7-11-10-5-1-3-9-4-2-6-12(14(9)10)16-15(11)17(13)19(23(29)30)20(24(31)32)18(16)22(27)28;6-3-1-2-4(7)5-3/h1-8H,(H,25,26)(H,27,28)(H,29,30)(H,31,32);1-2H,(H,5,6,7). The van der Waals surface area contributed by atoms with Crippen LogP contribution in [0.4, 0.5) is 0 Å². The van der Waals surface area contributed by atoms with E-state index in [0.29, 0.717) is 21.5 Å². The number of carbonyl (C=O) groups excluding carboxylic acids is 2. The van der Waals surface area contributed by atoms with Crippen molar-refractivity contribution in [1.29, 1.82) is 0 Å². The predicted molar refractivity (Wildman–Crippen MR) is 138 cm³/mol. The van der Waals surface area contributed by atoms with Gasteiger partial charge in [0.25, 0.3) is 11.8 Å². The fraction of sp³-hybridized carbons (Fsp3) is 0. The number of hydrogen-bond donors (Lipinski definition) is 5. The van der Waals surface area contributed by atoms with Crippen LogP contribution in [0.25, 0.3) is 43.1 Å². The number of nitrogens with one attached hydrogen (secondary N) is 1. The molecule has 192 valence electrons. The van der Waals surface area contributed by atoms with Gasteiger partial charge in [0.1, 0.15) is 0 Å². The highest BCUT2D eigenvalue weighted by atomic mass is 16.4. The molecule has 1 aliphatic heterocycles. The molecule has 0 unspecified atom stereocenters. The normalized spacial score (nSPS) is 12.6. The van der Waals surface area contributed by atoms with E-state index in [1.54, 1.807) is 24.3 Å². The molecule has 5 N–H and O–H groups in total. The predicted octanol–water partition coefficient (Wildman–Crippen LogP) is 3.73. The van der Waals surface area contributed by atoms with Gasteiger partial charge in [0.15, 0.2) is 0 Å². The molecule has 2 amide bonds. The molecule has 0 spiro atoms. The number of benzene rings is 5. The van der Waals surface area contributed by atoms with E-state index in [2.05, 4.69) is 0 Å². The molecule has 0 bridgehead atoms.